The van der Waals surface area contributed by atoms with Gasteiger partial charge in [-0.1, -0.05) is 6.42 Å². The topological polar surface area (TPSA) is 35.2 Å². The average molecular weight is 169 g/mol. The van der Waals surface area contributed by atoms with E-state index in [0.717, 1.165) is 25.0 Å². The first-order chi connectivity index (χ1) is 5.88. The van der Waals surface area contributed by atoms with Crippen molar-refractivity contribution < 1.29 is 4.74 Å². The van der Waals surface area contributed by atoms with Gasteiger partial charge in [0.1, 0.15) is 0 Å². The van der Waals surface area contributed by atoms with Crippen LogP contribution in [0.4, 0.5) is 0 Å². The molecule has 2 aliphatic carbocycles. The van der Waals surface area contributed by atoms with Gasteiger partial charge in [0.15, 0.2) is 0 Å². The summed E-state index contributed by atoms with van der Waals surface area (Å²) in [5.74, 6) is 1.65. The average Bonchev–Trinajstić information content (AvgIpc) is 1.90. The molecular formula is C10H19NO. The van der Waals surface area contributed by atoms with Crippen LogP contribution in [0.5, 0.6) is 0 Å². The normalized spacial score (nSPS) is 35.8. The second-order valence-electron chi connectivity index (χ2n) is 4.33. The number of nitrogens with two attached hydrogens (primary N) is 1. The molecule has 0 bridgehead atoms. The molecule has 0 aliphatic heterocycles. The van der Waals surface area contributed by atoms with Crippen molar-refractivity contribution in [2.75, 3.05) is 13.2 Å². The standard InChI is InChI=1S/C10H19NO/c11-6-9-4-10(5-9)12-7-8-2-1-3-8/h8-10H,1-7,11H2. The van der Waals surface area contributed by atoms with Gasteiger partial charge in [-0.3, -0.25) is 0 Å². The van der Waals surface area contributed by atoms with E-state index >= 15 is 0 Å². The molecule has 0 spiro atoms. The summed E-state index contributed by atoms with van der Waals surface area (Å²) in [5.41, 5.74) is 5.53. The monoisotopic (exact) mass is 169 g/mol. The third-order valence-corrected chi connectivity index (χ3v) is 3.32. The minimum atomic E-state index is 0.555. The lowest BCUT2D eigenvalue weighted by molar-refractivity contribution is -0.0524. The van der Waals surface area contributed by atoms with Crippen LogP contribution < -0.4 is 5.73 Å². The summed E-state index contributed by atoms with van der Waals surface area (Å²) in [5, 5.41) is 0. The lowest BCUT2D eigenvalue weighted by atomic mass is 9.82. The molecule has 2 heteroatoms. The third-order valence-electron chi connectivity index (χ3n) is 3.32. The molecule has 2 nitrogen and oxygen atoms in total. The SMILES string of the molecule is NCC1CC(OCC2CCC2)C1. The predicted molar refractivity (Wildman–Crippen MR) is 48.9 cm³/mol. The molecule has 2 rings (SSSR count). The minimum Gasteiger partial charge on any atom is -0.378 e. The van der Waals surface area contributed by atoms with E-state index < -0.39 is 0 Å². The molecule has 0 heterocycles. The highest BCUT2D eigenvalue weighted by molar-refractivity contribution is 4.81. The maximum atomic E-state index is 5.76. The maximum absolute atomic E-state index is 5.76. The van der Waals surface area contributed by atoms with Crippen LogP contribution in [-0.2, 0) is 4.74 Å². The Morgan fingerprint density at radius 2 is 1.92 bits per heavy atom. The van der Waals surface area contributed by atoms with Gasteiger partial charge in [0.25, 0.3) is 0 Å². The van der Waals surface area contributed by atoms with E-state index in [4.69, 9.17) is 10.5 Å². The van der Waals surface area contributed by atoms with Crippen molar-refractivity contribution in [3.05, 3.63) is 0 Å². The fraction of sp³-hybridized carbons (Fsp3) is 1.00. The van der Waals surface area contributed by atoms with Gasteiger partial charge in [0.05, 0.1) is 6.10 Å². The molecule has 0 amide bonds. The van der Waals surface area contributed by atoms with Crippen molar-refractivity contribution in [3.8, 4) is 0 Å². The van der Waals surface area contributed by atoms with Gasteiger partial charge in [0, 0.05) is 6.61 Å². The minimum absolute atomic E-state index is 0.555. The van der Waals surface area contributed by atoms with E-state index in [1.165, 1.54) is 32.1 Å². The van der Waals surface area contributed by atoms with Crippen molar-refractivity contribution >= 4 is 0 Å². The molecule has 0 atom stereocenters. The molecule has 0 unspecified atom stereocenters. The Morgan fingerprint density at radius 3 is 2.42 bits per heavy atom. The van der Waals surface area contributed by atoms with Crippen molar-refractivity contribution in [1.29, 1.82) is 0 Å². The van der Waals surface area contributed by atoms with Gasteiger partial charge in [-0.15, -0.1) is 0 Å². The summed E-state index contributed by atoms with van der Waals surface area (Å²) in [6, 6.07) is 0. The first-order valence-electron chi connectivity index (χ1n) is 5.20. The quantitative estimate of drug-likeness (QED) is 0.693. The molecular weight excluding hydrogens is 150 g/mol. The van der Waals surface area contributed by atoms with Crippen LogP contribution in [0.25, 0.3) is 0 Å². The van der Waals surface area contributed by atoms with Gasteiger partial charge in [-0.25, -0.2) is 0 Å². The van der Waals surface area contributed by atoms with Gasteiger partial charge in [0.2, 0.25) is 0 Å². The van der Waals surface area contributed by atoms with Crippen LogP contribution in [0.2, 0.25) is 0 Å². The van der Waals surface area contributed by atoms with Crippen LogP contribution in [-0.4, -0.2) is 19.3 Å². The third kappa shape index (κ3) is 1.80. The summed E-state index contributed by atoms with van der Waals surface area (Å²) < 4.78 is 5.76. The van der Waals surface area contributed by atoms with Crippen LogP contribution in [0.3, 0.4) is 0 Å². The smallest absolute Gasteiger partial charge is 0.0581 e. The zero-order chi connectivity index (χ0) is 8.39. The Hall–Kier alpha value is -0.0800. The van der Waals surface area contributed by atoms with Crippen LogP contribution in [0, 0.1) is 11.8 Å². The molecule has 0 aromatic heterocycles. The van der Waals surface area contributed by atoms with Crippen LogP contribution in [0.15, 0.2) is 0 Å². The molecule has 0 saturated heterocycles. The van der Waals surface area contributed by atoms with E-state index in [1.54, 1.807) is 0 Å². The van der Waals surface area contributed by atoms with Gasteiger partial charge in [-0.05, 0) is 44.1 Å². The van der Waals surface area contributed by atoms with E-state index in [9.17, 15) is 0 Å². The van der Waals surface area contributed by atoms with E-state index in [2.05, 4.69) is 0 Å². The Balaban J connectivity index is 1.51. The summed E-state index contributed by atoms with van der Waals surface area (Å²) in [4.78, 5) is 0. The number of rotatable bonds is 4. The lowest BCUT2D eigenvalue weighted by Gasteiger charge is -2.36. The number of hydrogen-bond donors (Lipinski definition) is 1. The van der Waals surface area contributed by atoms with Crippen LogP contribution in [0.1, 0.15) is 32.1 Å². The summed E-state index contributed by atoms with van der Waals surface area (Å²) in [7, 11) is 0. The molecule has 2 N–H and O–H groups in total. The molecule has 0 radical (unpaired) electrons. The Morgan fingerprint density at radius 1 is 1.17 bits per heavy atom. The van der Waals surface area contributed by atoms with E-state index in [-0.39, 0.29) is 0 Å². The molecule has 0 aromatic carbocycles. The van der Waals surface area contributed by atoms with Crippen LogP contribution >= 0.6 is 0 Å². The molecule has 0 aromatic rings. The summed E-state index contributed by atoms with van der Waals surface area (Å²) >= 11 is 0. The second-order valence-corrected chi connectivity index (χ2v) is 4.33. The highest BCUT2D eigenvalue weighted by Gasteiger charge is 2.29. The lowest BCUT2D eigenvalue weighted by Crippen LogP contribution is -2.37. The first-order valence-corrected chi connectivity index (χ1v) is 5.20. The molecule has 70 valence electrons. The predicted octanol–water partition coefficient (Wildman–Crippen LogP) is 1.54. The summed E-state index contributed by atoms with van der Waals surface area (Å²) in [6.45, 7) is 1.87. The maximum Gasteiger partial charge on any atom is 0.0581 e. The Kier molecular flexibility index (Phi) is 2.66. The van der Waals surface area contributed by atoms with Crippen molar-refractivity contribution in [2.45, 2.75) is 38.2 Å². The van der Waals surface area contributed by atoms with Gasteiger partial charge in [-0.2, -0.15) is 0 Å². The zero-order valence-corrected chi connectivity index (χ0v) is 7.67. The van der Waals surface area contributed by atoms with Gasteiger partial charge >= 0.3 is 0 Å². The van der Waals surface area contributed by atoms with E-state index in [1.807, 2.05) is 0 Å². The van der Waals surface area contributed by atoms with Crippen molar-refractivity contribution in [2.24, 2.45) is 17.6 Å². The summed E-state index contributed by atoms with van der Waals surface area (Å²) in [6.07, 6.45) is 7.19. The number of ether oxygens (including phenoxy) is 1. The van der Waals surface area contributed by atoms with Crippen molar-refractivity contribution in [3.63, 3.8) is 0 Å². The highest BCUT2D eigenvalue weighted by atomic mass is 16.5. The van der Waals surface area contributed by atoms with E-state index in [0.29, 0.717) is 6.10 Å². The number of hydrogen-bond acceptors (Lipinski definition) is 2. The zero-order valence-electron chi connectivity index (χ0n) is 7.67. The molecule has 2 fully saturated rings. The second kappa shape index (κ2) is 3.75. The fourth-order valence-corrected chi connectivity index (χ4v) is 1.93. The Bertz CT molecular complexity index is 139. The Labute approximate surface area is 74.5 Å². The van der Waals surface area contributed by atoms with Crippen molar-refractivity contribution in [1.82, 2.24) is 0 Å². The van der Waals surface area contributed by atoms with Gasteiger partial charge < -0.3 is 10.5 Å². The fourth-order valence-electron chi connectivity index (χ4n) is 1.93. The molecule has 2 saturated carbocycles. The molecule has 12 heavy (non-hydrogen) atoms. The largest absolute Gasteiger partial charge is 0.378 e. The highest BCUT2D eigenvalue weighted by Crippen LogP contribution is 2.32. The first kappa shape index (κ1) is 8.52. The molecule has 2 aliphatic rings.